The number of nitrogens with zero attached hydrogens (tertiary/aromatic N) is 1. The number of hydrogen-bond donors (Lipinski definition) is 1. The van der Waals surface area contributed by atoms with Gasteiger partial charge in [-0.05, 0) is 35.9 Å². The highest BCUT2D eigenvalue weighted by atomic mass is 35.5. The Kier molecular flexibility index (Phi) is 5.73. The van der Waals surface area contributed by atoms with Gasteiger partial charge < -0.3 is 5.32 Å². The molecule has 0 atom stereocenters. The lowest BCUT2D eigenvalue weighted by Crippen LogP contribution is -2.22. The van der Waals surface area contributed by atoms with Gasteiger partial charge in [0.15, 0.2) is 0 Å². The van der Waals surface area contributed by atoms with Crippen LogP contribution in [0.25, 0.3) is 0 Å². The molecule has 2 rings (SSSR count). The second-order valence-corrected chi connectivity index (χ2v) is 6.64. The largest absolute Gasteiger partial charge is 0.310 e. The van der Waals surface area contributed by atoms with Crippen molar-refractivity contribution in [3.05, 3.63) is 52.1 Å². The number of halogens is 2. The molecule has 5 heteroatoms. The van der Waals surface area contributed by atoms with Crippen molar-refractivity contribution >= 4 is 35.0 Å². The lowest BCUT2D eigenvalue weighted by Gasteiger charge is -2.12. The lowest BCUT2D eigenvalue weighted by atomic mass is 10.2. The summed E-state index contributed by atoms with van der Waals surface area (Å²) in [6.45, 7) is 5.03. The van der Waals surface area contributed by atoms with Gasteiger partial charge in [0, 0.05) is 28.7 Å². The molecule has 1 heterocycles. The topological polar surface area (TPSA) is 24.9 Å². The smallest absolute Gasteiger partial charge is 0.101 e. The van der Waals surface area contributed by atoms with E-state index in [-0.39, 0.29) is 0 Å². The summed E-state index contributed by atoms with van der Waals surface area (Å²) in [7, 11) is 0. The fourth-order valence-electron chi connectivity index (χ4n) is 1.64. The van der Waals surface area contributed by atoms with Crippen LogP contribution in [0, 0.1) is 0 Å². The van der Waals surface area contributed by atoms with E-state index in [1.165, 1.54) is 5.56 Å². The predicted molar refractivity (Wildman–Crippen MR) is 86.8 cm³/mol. The van der Waals surface area contributed by atoms with E-state index in [9.17, 15) is 0 Å². The van der Waals surface area contributed by atoms with E-state index in [0.29, 0.717) is 11.1 Å². The Labute approximate surface area is 133 Å². The molecule has 0 radical (unpaired) electrons. The van der Waals surface area contributed by atoms with Crippen molar-refractivity contribution in [1.29, 1.82) is 0 Å². The van der Waals surface area contributed by atoms with E-state index in [1.54, 1.807) is 18.0 Å². The molecule has 0 spiro atoms. The van der Waals surface area contributed by atoms with E-state index in [2.05, 4.69) is 24.1 Å². The first kappa shape index (κ1) is 15.6. The van der Waals surface area contributed by atoms with E-state index in [4.69, 9.17) is 23.2 Å². The van der Waals surface area contributed by atoms with Crippen molar-refractivity contribution in [2.45, 2.75) is 36.4 Å². The average molecular weight is 327 g/mol. The maximum absolute atomic E-state index is 6.09. The van der Waals surface area contributed by atoms with Crippen molar-refractivity contribution in [2.75, 3.05) is 0 Å². The van der Waals surface area contributed by atoms with E-state index < -0.39 is 0 Å². The van der Waals surface area contributed by atoms with Gasteiger partial charge in [-0.3, -0.25) is 0 Å². The maximum atomic E-state index is 6.09. The van der Waals surface area contributed by atoms with Gasteiger partial charge in [-0.2, -0.15) is 0 Å². The molecule has 0 saturated heterocycles. The summed E-state index contributed by atoms with van der Waals surface area (Å²) in [5.74, 6) is 0. The van der Waals surface area contributed by atoms with E-state index >= 15 is 0 Å². The Balaban J connectivity index is 2.19. The van der Waals surface area contributed by atoms with Crippen molar-refractivity contribution in [3.63, 3.8) is 0 Å². The number of benzene rings is 1. The molecule has 0 amide bonds. The first-order valence-corrected chi connectivity index (χ1v) is 7.93. The molecule has 1 N–H and O–H groups in total. The molecular weight excluding hydrogens is 311 g/mol. The predicted octanol–water partition coefficient (Wildman–Crippen LogP) is 5.04. The summed E-state index contributed by atoms with van der Waals surface area (Å²) in [5, 5.41) is 5.72. The highest BCUT2D eigenvalue weighted by Crippen LogP contribution is 2.31. The zero-order valence-corrected chi connectivity index (χ0v) is 13.7. The second-order valence-electron chi connectivity index (χ2n) is 4.70. The average Bonchev–Trinajstić information content (AvgIpc) is 2.41. The Morgan fingerprint density at radius 2 is 1.90 bits per heavy atom. The van der Waals surface area contributed by atoms with Gasteiger partial charge >= 0.3 is 0 Å². The Bertz CT molecular complexity index is 571. The third-order valence-corrected chi connectivity index (χ3v) is 4.17. The fourth-order valence-corrected chi connectivity index (χ4v) is 2.81. The normalized spacial score (nSPS) is 11.1. The minimum atomic E-state index is 0.431. The highest BCUT2D eigenvalue weighted by molar-refractivity contribution is 7.99. The van der Waals surface area contributed by atoms with Crippen molar-refractivity contribution < 1.29 is 0 Å². The van der Waals surface area contributed by atoms with Gasteiger partial charge in [0.05, 0.1) is 5.02 Å². The molecule has 0 bridgehead atoms. The number of nitrogens with one attached hydrogen (secondary N) is 1. The molecule has 20 heavy (non-hydrogen) atoms. The minimum absolute atomic E-state index is 0.431. The van der Waals surface area contributed by atoms with E-state index in [1.807, 2.05) is 30.3 Å². The molecular formula is C15H16Cl2N2S. The molecule has 0 aliphatic heterocycles. The summed E-state index contributed by atoms with van der Waals surface area (Å²) >= 11 is 13.6. The molecule has 0 aliphatic carbocycles. The highest BCUT2D eigenvalue weighted by Gasteiger charge is 2.07. The number of rotatable bonds is 5. The Morgan fingerprint density at radius 1 is 1.15 bits per heavy atom. The summed E-state index contributed by atoms with van der Waals surface area (Å²) in [6, 6.07) is 10.1. The van der Waals surface area contributed by atoms with Gasteiger partial charge in [-0.25, -0.2) is 4.98 Å². The van der Waals surface area contributed by atoms with Crippen LogP contribution in [0.1, 0.15) is 19.4 Å². The third kappa shape index (κ3) is 4.67. The van der Waals surface area contributed by atoms with Crippen LogP contribution in [0.3, 0.4) is 0 Å². The second kappa shape index (κ2) is 7.32. The molecule has 0 saturated carbocycles. The Hall–Kier alpha value is -0.740. The molecule has 106 valence electrons. The van der Waals surface area contributed by atoms with Crippen LogP contribution in [0.5, 0.6) is 0 Å². The van der Waals surface area contributed by atoms with Gasteiger partial charge in [0.2, 0.25) is 0 Å². The zero-order chi connectivity index (χ0) is 14.5. The number of aromatic nitrogens is 1. The van der Waals surface area contributed by atoms with Crippen LogP contribution in [0.15, 0.2) is 46.5 Å². The van der Waals surface area contributed by atoms with Crippen LogP contribution in [-0.2, 0) is 6.54 Å². The molecule has 1 aromatic heterocycles. The summed E-state index contributed by atoms with van der Waals surface area (Å²) < 4.78 is 0. The zero-order valence-electron chi connectivity index (χ0n) is 11.4. The molecule has 0 fully saturated rings. The molecule has 2 aromatic rings. The van der Waals surface area contributed by atoms with Gasteiger partial charge in [-0.15, -0.1) is 0 Å². The number of hydrogen-bond acceptors (Lipinski definition) is 3. The van der Waals surface area contributed by atoms with Gasteiger partial charge in [0.25, 0.3) is 0 Å². The summed E-state index contributed by atoms with van der Waals surface area (Å²) in [4.78, 5) is 5.46. The number of pyridine rings is 1. The molecule has 0 unspecified atom stereocenters. The Morgan fingerprint density at radius 3 is 2.55 bits per heavy atom. The van der Waals surface area contributed by atoms with E-state index in [0.717, 1.165) is 21.5 Å². The summed E-state index contributed by atoms with van der Waals surface area (Å²) in [6.07, 6.45) is 1.66. The van der Waals surface area contributed by atoms with Gasteiger partial charge in [0.1, 0.15) is 5.03 Å². The fraction of sp³-hybridized carbons (Fsp3) is 0.267. The minimum Gasteiger partial charge on any atom is -0.310 e. The monoisotopic (exact) mass is 326 g/mol. The lowest BCUT2D eigenvalue weighted by molar-refractivity contribution is 0.585. The standard InChI is InChI=1S/C15H16Cl2N2S/c1-10(2)18-8-11-7-12(16)3-5-14(11)20-15-6-4-13(17)9-19-15/h3-7,9-10,18H,8H2,1-2H3. The van der Waals surface area contributed by atoms with Crippen molar-refractivity contribution in [1.82, 2.24) is 10.3 Å². The molecule has 1 aromatic carbocycles. The van der Waals surface area contributed by atoms with Crippen molar-refractivity contribution in [3.8, 4) is 0 Å². The van der Waals surface area contributed by atoms with Crippen LogP contribution >= 0.6 is 35.0 Å². The summed E-state index contributed by atoms with van der Waals surface area (Å²) in [5.41, 5.74) is 1.17. The quantitative estimate of drug-likeness (QED) is 0.833. The molecule has 0 aliphatic rings. The van der Waals surface area contributed by atoms with Crippen LogP contribution in [0.4, 0.5) is 0 Å². The maximum Gasteiger partial charge on any atom is 0.101 e. The SMILES string of the molecule is CC(C)NCc1cc(Cl)ccc1Sc1ccc(Cl)cn1. The van der Waals surface area contributed by atoms with Crippen LogP contribution in [0.2, 0.25) is 10.0 Å². The first-order valence-electron chi connectivity index (χ1n) is 6.36. The van der Waals surface area contributed by atoms with Crippen LogP contribution < -0.4 is 5.32 Å². The van der Waals surface area contributed by atoms with Crippen LogP contribution in [-0.4, -0.2) is 11.0 Å². The third-order valence-electron chi connectivity index (χ3n) is 2.64. The van der Waals surface area contributed by atoms with Crippen molar-refractivity contribution in [2.24, 2.45) is 0 Å². The first-order chi connectivity index (χ1) is 9.54. The molecule has 2 nitrogen and oxygen atoms in total. The van der Waals surface area contributed by atoms with Gasteiger partial charge in [-0.1, -0.05) is 48.8 Å².